The molecule has 0 spiro atoms. The van der Waals surface area contributed by atoms with Crippen LogP contribution >= 0.6 is 23.2 Å². The summed E-state index contributed by atoms with van der Waals surface area (Å²) >= 11 is 10.1. The van der Waals surface area contributed by atoms with Crippen LogP contribution in [0.4, 0.5) is 4.79 Å². The van der Waals surface area contributed by atoms with E-state index in [0.29, 0.717) is 0 Å². The van der Waals surface area contributed by atoms with Gasteiger partial charge in [0, 0.05) is 0 Å². The first kappa shape index (κ1) is 11.2. The van der Waals surface area contributed by atoms with Crippen LogP contribution in [0.5, 0.6) is 0 Å². The summed E-state index contributed by atoms with van der Waals surface area (Å²) in [7, 11) is 0. The molecule has 0 radical (unpaired) electrons. The zero-order valence-electron chi connectivity index (χ0n) is 5.89. The van der Waals surface area contributed by atoms with Gasteiger partial charge in [-0.1, -0.05) is 0 Å². The maximum Gasteiger partial charge on any atom is 0.328 e. The van der Waals surface area contributed by atoms with Crippen molar-refractivity contribution in [3.05, 3.63) is 0 Å². The largest absolute Gasteiger partial charge is 0.328 e. The number of hydrogen-bond donors (Lipinski definition) is 2. The zero-order valence-corrected chi connectivity index (χ0v) is 7.41. The third-order valence-corrected chi connectivity index (χ3v) is 1.23. The molecule has 0 unspecified atom stereocenters. The van der Waals surface area contributed by atoms with Crippen LogP contribution in [0.25, 0.3) is 0 Å². The summed E-state index contributed by atoms with van der Waals surface area (Å²) < 4.78 is 0. The van der Waals surface area contributed by atoms with Crippen LogP contribution in [-0.2, 0) is 9.59 Å². The van der Waals surface area contributed by atoms with Gasteiger partial charge in [-0.2, -0.15) is 0 Å². The fourth-order valence-electron chi connectivity index (χ4n) is 0.351. The Hall–Kier alpha value is -0.810. The molecule has 7 heteroatoms. The molecule has 0 saturated heterocycles. The van der Waals surface area contributed by atoms with Crippen LogP contribution in [0, 0.1) is 0 Å². The lowest BCUT2D eigenvalue weighted by Crippen LogP contribution is -2.43. The standard InChI is InChI=1S/C5H6Cl2N2O3/c6-1-3(10)8-5(12)9-4(11)2-7/h1-2H2,(H2,8,9,10,11,12). The van der Waals surface area contributed by atoms with Crippen molar-refractivity contribution in [1.82, 2.24) is 10.6 Å². The number of hydrogen-bond acceptors (Lipinski definition) is 3. The van der Waals surface area contributed by atoms with Crippen molar-refractivity contribution >= 4 is 41.0 Å². The minimum atomic E-state index is -0.925. The van der Waals surface area contributed by atoms with Gasteiger partial charge >= 0.3 is 6.03 Å². The number of rotatable bonds is 2. The average Bonchev–Trinajstić information content (AvgIpc) is 2.03. The van der Waals surface area contributed by atoms with E-state index >= 15 is 0 Å². The van der Waals surface area contributed by atoms with Gasteiger partial charge in [-0.05, 0) is 0 Å². The van der Waals surface area contributed by atoms with Crippen molar-refractivity contribution in [2.75, 3.05) is 11.8 Å². The highest BCUT2D eigenvalue weighted by Crippen LogP contribution is 1.77. The van der Waals surface area contributed by atoms with Gasteiger partial charge in [0.1, 0.15) is 11.8 Å². The highest BCUT2D eigenvalue weighted by Gasteiger charge is 2.08. The smallest absolute Gasteiger partial charge is 0.277 e. The molecular formula is C5H6Cl2N2O3. The van der Waals surface area contributed by atoms with E-state index in [1.54, 1.807) is 10.6 Å². The SMILES string of the molecule is O=C(CCl)NC(=O)NC(=O)CCl. The molecule has 0 saturated carbocycles. The van der Waals surface area contributed by atoms with E-state index in [1.807, 2.05) is 0 Å². The van der Waals surface area contributed by atoms with E-state index in [9.17, 15) is 14.4 Å². The lowest BCUT2D eigenvalue weighted by Gasteiger charge is -2.00. The van der Waals surface area contributed by atoms with Crippen molar-refractivity contribution in [1.29, 1.82) is 0 Å². The number of urea groups is 1. The van der Waals surface area contributed by atoms with Crippen LogP contribution in [0.3, 0.4) is 0 Å². The van der Waals surface area contributed by atoms with Crippen LogP contribution in [0.1, 0.15) is 0 Å². The molecule has 0 rings (SSSR count). The highest BCUT2D eigenvalue weighted by atomic mass is 35.5. The van der Waals surface area contributed by atoms with Gasteiger partial charge in [0.05, 0.1) is 0 Å². The van der Waals surface area contributed by atoms with Gasteiger partial charge in [-0.3, -0.25) is 20.2 Å². The third-order valence-electron chi connectivity index (χ3n) is 0.749. The molecule has 0 heterocycles. The quantitative estimate of drug-likeness (QED) is 0.624. The molecule has 68 valence electrons. The first-order chi connectivity index (χ1) is 5.60. The molecule has 0 fully saturated rings. The number of carbonyl (C=O) groups excluding carboxylic acids is 3. The molecule has 2 N–H and O–H groups in total. The minimum Gasteiger partial charge on any atom is -0.277 e. The Bertz CT molecular complexity index is 187. The molecule has 0 aliphatic rings. The first-order valence-corrected chi connectivity index (χ1v) is 3.92. The Morgan fingerprint density at radius 2 is 1.25 bits per heavy atom. The number of amides is 4. The maximum atomic E-state index is 10.6. The molecule has 12 heavy (non-hydrogen) atoms. The van der Waals surface area contributed by atoms with Gasteiger partial charge in [-0.25, -0.2) is 4.79 Å². The Kier molecular flexibility index (Phi) is 5.40. The number of imide groups is 2. The zero-order chi connectivity index (χ0) is 9.56. The average molecular weight is 213 g/mol. The summed E-state index contributed by atoms with van der Waals surface area (Å²) in [5.74, 6) is -2.06. The van der Waals surface area contributed by atoms with E-state index in [2.05, 4.69) is 0 Å². The Morgan fingerprint density at radius 3 is 1.50 bits per heavy atom. The van der Waals surface area contributed by atoms with Crippen LogP contribution in [-0.4, -0.2) is 29.6 Å². The molecule has 0 aromatic rings. The monoisotopic (exact) mass is 212 g/mol. The fraction of sp³-hybridized carbons (Fsp3) is 0.400. The third kappa shape index (κ3) is 4.92. The van der Waals surface area contributed by atoms with Gasteiger partial charge in [0.15, 0.2) is 0 Å². The maximum absolute atomic E-state index is 10.6. The van der Waals surface area contributed by atoms with Gasteiger partial charge < -0.3 is 0 Å². The Labute approximate surface area is 78.4 Å². The summed E-state index contributed by atoms with van der Waals surface area (Å²) in [6, 6.07) is -0.925. The topological polar surface area (TPSA) is 75.3 Å². The van der Waals surface area contributed by atoms with Crippen LogP contribution < -0.4 is 10.6 Å². The summed E-state index contributed by atoms with van der Waals surface area (Å²) in [6.45, 7) is 0. The summed E-state index contributed by atoms with van der Waals surface area (Å²) in [5.41, 5.74) is 0. The molecule has 5 nitrogen and oxygen atoms in total. The van der Waals surface area contributed by atoms with Crippen molar-refractivity contribution in [3.8, 4) is 0 Å². The summed E-state index contributed by atoms with van der Waals surface area (Å²) in [6.07, 6.45) is 0. The van der Waals surface area contributed by atoms with Gasteiger partial charge in [0.2, 0.25) is 11.8 Å². The fourth-order valence-corrected chi connectivity index (χ4v) is 0.485. The Morgan fingerprint density at radius 1 is 0.917 bits per heavy atom. The minimum absolute atomic E-state index is 0.345. The molecule has 0 bridgehead atoms. The van der Waals surface area contributed by atoms with Crippen molar-refractivity contribution in [2.45, 2.75) is 0 Å². The lowest BCUT2D eigenvalue weighted by atomic mass is 10.6. The Balaban J connectivity index is 3.74. The predicted molar refractivity (Wildman–Crippen MR) is 43.1 cm³/mol. The predicted octanol–water partition coefficient (Wildman–Crippen LogP) is -0.184. The van der Waals surface area contributed by atoms with E-state index in [0.717, 1.165) is 0 Å². The van der Waals surface area contributed by atoms with Gasteiger partial charge in [0.25, 0.3) is 0 Å². The van der Waals surface area contributed by atoms with Crippen molar-refractivity contribution in [3.63, 3.8) is 0 Å². The second-order valence-corrected chi connectivity index (χ2v) is 2.23. The normalized spacial score (nSPS) is 8.83. The number of carbonyl (C=O) groups is 3. The summed E-state index contributed by atoms with van der Waals surface area (Å²) in [5, 5.41) is 3.59. The van der Waals surface area contributed by atoms with E-state index in [1.165, 1.54) is 0 Å². The van der Waals surface area contributed by atoms with E-state index in [4.69, 9.17) is 23.2 Å². The molecular weight excluding hydrogens is 207 g/mol. The number of nitrogens with one attached hydrogen (secondary N) is 2. The van der Waals surface area contributed by atoms with Crippen molar-refractivity contribution < 1.29 is 14.4 Å². The van der Waals surface area contributed by atoms with Crippen LogP contribution in [0.15, 0.2) is 0 Å². The molecule has 0 aliphatic carbocycles. The number of halogens is 2. The van der Waals surface area contributed by atoms with Crippen molar-refractivity contribution in [2.24, 2.45) is 0 Å². The molecule has 0 aliphatic heterocycles. The molecule has 0 aromatic heterocycles. The van der Waals surface area contributed by atoms with Gasteiger partial charge in [-0.15, -0.1) is 23.2 Å². The van der Waals surface area contributed by atoms with Crippen LogP contribution in [0.2, 0.25) is 0 Å². The summed E-state index contributed by atoms with van der Waals surface area (Å²) in [4.78, 5) is 31.5. The molecule has 4 amide bonds. The number of alkyl halides is 2. The second kappa shape index (κ2) is 5.79. The van der Waals surface area contributed by atoms with E-state index < -0.39 is 17.8 Å². The second-order valence-electron chi connectivity index (χ2n) is 1.69. The lowest BCUT2D eigenvalue weighted by molar-refractivity contribution is -0.118. The molecule has 0 atom stereocenters. The van der Waals surface area contributed by atoms with E-state index in [-0.39, 0.29) is 11.8 Å². The highest BCUT2D eigenvalue weighted by molar-refractivity contribution is 6.30. The molecule has 0 aromatic carbocycles. The first-order valence-electron chi connectivity index (χ1n) is 2.85.